The first-order chi connectivity index (χ1) is 11.0. The number of rotatable bonds is 3. The highest BCUT2D eigenvalue weighted by atomic mass is 32.2. The highest BCUT2D eigenvalue weighted by Gasteiger charge is 2.34. The summed E-state index contributed by atoms with van der Waals surface area (Å²) >= 11 is 0. The minimum absolute atomic E-state index is 0.0140. The van der Waals surface area contributed by atoms with Gasteiger partial charge in [-0.2, -0.15) is 4.31 Å². The standard InChI is InChI=1S/C18H21NO3S/c1-14-7-9-18(10-8-14)23(21,22)19-12-16(11-17(20)13-19)15-5-3-2-4-6-15/h2-10,16-17,20H,11-13H2,1H3/t16-,17+/m1/s1. The predicted octanol–water partition coefficient (Wildman–Crippen LogP) is 2.53. The summed E-state index contributed by atoms with van der Waals surface area (Å²) in [5.41, 5.74) is 2.08. The van der Waals surface area contributed by atoms with Crippen LogP contribution in [-0.4, -0.2) is 37.0 Å². The topological polar surface area (TPSA) is 57.6 Å². The molecule has 3 rings (SSSR count). The Labute approximate surface area is 137 Å². The molecular formula is C18H21NO3S. The molecule has 0 radical (unpaired) electrons. The zero-order chi connectivity index (χ0) is 16.4. The smallest absolute Gasteiger partial charge is 0.243 e. The van der Waals surface area contributed by atoms with Crippen molar-refractivity contribution < 1.29 is 13.5 Å². The van der Waals surface area contributed by atoms with E-state index in [1.165, 1.54) is 4.31 Å². The summed E-state index contributed by atoms with van der Waals surface area (Å²) in [6.07, 6.45) is -0.0570. The van der Waals surface area contributed by atoms with Gasteiger partial charge in [-0.1, -0.05) is 48.0 Å². The largest absolute Gasteiger partial charge is 0.392 e. The van der Waals surface area contributed by atoms with Gasteiger partial charge in [0.1, 0.15) is 0 Å². The fraction of sp³-hybridized carbons (Fsp3) is 0.333. The molecule has 1 heterocycles. The molecule has 1 aliphatic heterocycles. The lowest BCUT2D eigenvalue weighted by Gasteiger charge is -2.35. The molecule has 0 aliphatic carbocycles. The molecule has 5 heteroatoms. The van der Waals surface area contributed by atoms with Crippen LogP contribution in [0.15, 0.2) is 59.5 Å². The van der Waals surface area contributed by atoms with Crippen molar-refractivity contribution in [2.24, 2.45) is 0 Å². The van der Waals surface area contributed by atoms with Gasteiger partial charge < -0.3 is 5.11 Å². The summed E-state index contributed by atoms with van der Waals surface area (Å²) < 4.78 is 27.1. The van der Waals surface area contributed by atoms with E-state index < -0.39 is 16.1 Å². The Morgan fingerprint density at radius 1 is 1.00 bits per heavy atom. The molecule has 1 aliphatic rings. The van der Waals surface area contributed by atoms with Gasteiger partial charge >= 0.3 is 0 Å². The van der Waals surface area contributed by atoms with Gasteiger partial charge in [-0.05, 0) is 31.0 Å². The second kappa shape index (κ2) is 6.43. The average molecular weight is 331 g/mol. The van der Waals surface area contributed by atoms with E-state index in [2.05, 4.69) is 0 Å². The van der Waals surface area contributed by atoms with E-state index in [1.807, 2.05) is 37.3 Å². The molecule has 2 aromatic carbocycles. The molecule has 23 heavy (non-hydrogen) atoms. The first-order valence-electron chi connectivity index (χ1n) is 7.76. The van der Waals surface area contributed by atoms with Crippen molar-refractivity contribution >= 4 is 10.0 Å². The van der Waals surface area contributed by atoms with Gasteiger partial charge in [0, 0.05) is 19.0 Å². The van der Waals surface area contributed by atoms with Crippen LogP contribution in [-0.2, 0) is 10.0 Å². The van der Waals surface area contributed by atoms with Crippen LogP contribution in [0, 0.1) is 6.92 Å². The number of sulfonamides is 1. The number of aryl methyl sites for hydroxylation is 1. The Morgan fingerprint density at radius 2 is 1.65 bits per heavy atom. The van der Waals surface area contributed by atoms with Gasteiger partial charge in [0.2, 0.25) is 10.0 Å². The van der Waals surface area contributed by atoms with Crippen LogP contribution in [0.25, 0.3) is 0 Å². The third-order valence-corrected chi connectivity index (χ3v) is 6.17. The zero-order valence-electron chi connectivity index (χ0n) is 13.1. The Bertz CT molecular complexity index is 757. The summed E-state index contributed by atoms with van der Waals surface area (Å²) in [5.74, 6) is 0.0140. The molecule has 0 amide bonds. The number of aliphatic hydroxyl groups excluding tert-OH is 1. The van der Waals surface area contributed by atoms with E-state index in [1.54, 1.807) is 24.3 Å². The van der Waals surface area contributed by atoms with Crippen LogP contribution in [0.4, 0.5) is 0 Å². The van der Waals surface area contributed by atoms with E-state index in [0.717, 1.165) is 11.1 Å². The lowest BCUT2D eigenvalue weighted by atomic mass is 9.90. The van der Waals surface area contributed by atoms with Gasteiger partial charge in [0.25, 0.3) is 0 Å². The maximum absolute atomic E-state index is 12.8. The third kappa shape index (κ3) is 3.47. The van der Waals surface area contributed by atoms with Crippen LogP contribution >= 0.6 is 0 Å². The number of β-amino-alcohol motifs (C(OH)–C–C–N with tert-alkyl or cyclic N) is 1. The normalized spacial score (nSPS) is 22.9. The van der Waals surface area contributed by atoms with Crippen LogP contribution < -0.4 is 0 Å². The van der Waals surface area contributed by atoms with Crippen molar-refractivity contribution in [3.8, 4) is 0 Å². The van der Waals surface area contributed by atoms with E-state index in [0.29, 0.717) is 13.0 Å². The summed E-state index contributed by atoms with van der Waals surface area (Å²) in [7, 11) is -3.58. The minimum Gasteiger partial charge on any atom is -0.392 e. The molecule has 1 fully saturated rings. The number of aliphatic hydroxyl groups is 1. The maximum Gasteiger partial charge on any atom is 0.243 e. The van der Waals surface area contributed by atoms with Gasteiger partial charge in [-0.15, -0.1) is 0 Å². The quantitative estimate of drug-likeness (QED) is 0.940. The van der Waals surface area contributed by atoms with E-state index in [4.69, 9.17) is 0 Å². The molecule has 122 valence electrons. The summed E-state index contributed by atoms with van der Waals surface area (Å²) in [6, 6.07) is 16.6. The van der Waals surface area contributed by atoms with Crippen molar-refractivity contribution in [2.45, 2.75) is 30.3 Å². The van der Waals surface area contributed by atoms with Crippen molar-refractivity contribution in [3.63, 3.8) is 0 Å². The van der Waals surface area contributed by atoms with E-state index >= 15 is 0 Å². The van der Waals surface area contributed by atoms with E-state index in [-0.39, 0.29) is 17.4 Å². The third-order valence-electron chi connectivity index (χ3n) is 4.32. The number of piperidine rings is 1. The average Bonchev–Trinajstić information content (AvgIpc) is 2.55. The fourth-order valence-corrected chi connectivity index (χ4v) is 4.58. The number of benzene rings is 2. The highest BCUT2D eigenvalue weighted by molar-refractivity contribution is 7.89. The minimum atomic E-state index is -3.58. The number of hydrogen-bond acceptors (Lipinski definition) is 3. The van der Waals surface area contributed by atoms with Gasteiger partial charge in [-0.3, -0.25) is 0 Å². The van der Waals surface area contributed by atoms with Crippen molar-refractivity contribution in [1.82, 2.24) is 4.31 Å². The molecule has 1 saturated heterocycles. The maximum atomic E-state index is 12.8. The van der Waals surface area contributed by atoms with Crippen LogP contribution in [0.1, 0.15) is 23.5 Å². The van der Waals surface area contributed by atoms with Gasteiger partial charge in [0.05, 0.1) is 11.0 Å². The molecular weight excluding hydrogens is 310 g/mol. The first-order valence-corrected chi connectivity index (χ1v) is 9.20. The predicted molar refractivity (Wildman–Crippen MR) is 89.7 cm³/mol. The van der Waals surface area contributed by atoms with Crippen LogP contribution in [0.5, 0.6) is 0 Å². The lowest BCUT2D eigenvalue weighted by molar-refractivity contribution is 0.0961. The SMILES string of the molecule is Cc1ccc(S(=O)(=O)N2C[C@@H](O)C[C@@H](c3ccccc3)C2)cc1. The van der Waals surface area contributed by atoms with Crippen molar-refractivity contribution in [3.05, 3.63) is 65.7 Å². The molecule has 2 aromatic rings. The fourth-order valence-electron chi connectivity index (χ4n) is 3.06. The van der Waals surface area contributed by atoms with Gasteiger partial charge in [-0.25, -0.2) is 8.42 Å². The Balaban J connectivity index is 1.88. The number of nitrogens with zero attached hydrogens (tertiary/aromatic N) is 1. The Kier molecular flexibility index (Phi) is 4.53. The second-order valence-corrected chi connectivity index (χ2v) is 8.07. The first kappa shape index (κ1) is 16.2. The second-order valence-electron chi connectivity index (χ2n) is 6.13. The van der Waals surface area contributed by atoms with E-state index in [9.17, 15) is 13.5 Å². The lowest BCUT2D eigenvalue weighted by Crippen LogP contribution is -2.45. The summed E-state index contributed by atoms with van der Waals surface area (Å²) in [5, 5.41) is 10.2. The Morgan fingerprint density at radius 3 is 2.30 bits per heavy atom. The Hall–Kier alpha value is -1.69. The van der Waals surface area contributed by atoms with Crippen molar-refractivity contribution in [2.75, 3.05) is 13.1 Å². The van der Waals surface area contributed by atoms with Crippen LogP contribution in [0.2, 0.25) is 0 Å². The molecule has 4 nitrogen and oxygen atoms in total. The molecule has 0 unspecified atom stereocenters. The molecule has 0 saturated carbocycles. The molecule has 0 aromatic heterocycles. The highest BCUT2D eigenvalue weighted by Crippen LogP contribution is 2.30. The monoisotopic (exact) mass is 331 g/mol. The number of hydrogen-bond donors (Lipinski definition) is 1. The molecule has 2 atom stereocenters. The summed E-state index contributed by atoms with van der Waals surface area (Å²) in [6.45, 7) is 2.48. The zero-order valence-corrected chi connectivity index (χ0v) is 13.9. The molecule has 1 N–H and O–H groups in total. The molecule has 0 spiro atoms. The van der Waals surface area contributed by atoms with Gasteiger partial charge in [0.15, 0.2) is 0 Å². The molecule has 0 bridgehead atoms. The van der Waals surface area contributed by atoms with Crippen LogP contribution in [0.3, 0.4) is 0 Å². The van der Waals surface area contributed by atoms with Crippen molar-refractivity contribution in [1.29, 1.82) is 0 Å². The summed E-state index contributed by atoms with van der Waals surface area (Å²) in [4.78, 5) is 0.281.